The number of nitrogens with one attached hydrogen (secondary N) is 1. The molecule has 0 aliphatic carbocycles. The quantitative estimate of drug-likeness (QED) is 0.855. The topological polar surface area (TPSA) is 63.6 Å². The lowest BCUT2D eigenvalue weighted by Crippen LogP contribution is -2.11. The van der Waals surface area contributed by atoms with Crippen molar-refractivity contribution in [3.05, 3.63) is 32.5 Å². The average Bonchev–Trinajstić information content (AvgIpc) is 2.71. The summed E-state index contributed by atoms with van der Waals surface area (Å²) in [6.07, 6.45) is 5.13. The average molecular weight is 330 g/mol. The third-order valence-corrected chi connectivity index (χ3v) is 2.93. The second-order valence-electron chi connectivity index (χ2n) is 3.71. The fourth-order valence-corrected chi connectivity index (χ4v) is 1.54. The zero-order valence-electron chi connectivity index (χ0n) is 8.94. The first kappa shape index (κ1) is 11.3. The van der Waals surface area contributed by atoms with Gasteiger partial charge in [0.25, 0.3) is 5.56 Å². The molecule has 2 aromatic rings. The Hall–Kier alpha value is -1.18. The van der Waals surface area contributed by atoms with Gasteiger partial charge in [-0.1, -0.05) is 0 Å². The molecule has 2 heterocycles. The van der Waals surface area contributed by atoms with Crippen LogP contribution in [0.3, 0.4) is 0 Å². The Balaban J connectivity index is 2.43. The maximum absolute atomic E-state index is 11.4. The van der Waals surface area contributed by atoms with Gasteiger partial charge in [0.05, 0.1) is 15.3 Å². The Morgan fingerprint density at radius 3 is 2.75 bits per heavy atom. The van der Waals surface area contributed by atoms with Crippen LogP contribution in [0.2, 0.25) is 0 Å². The van der Waals surface area contributed by atoms with Crippen LogP contribution in [0.1, 0.15) is 19.9 Å². The molecule has 0 saturated heterocycles. The van der Waals surface area contributed by atoms with Gasteiger partial charge in [0.2, 0.25) is 0 Å². The van der Waals surface area contributed by atoms with Gasteiger partial charge in [-0.05, 0) is 36.4 Å². The highest BCUT2D eigenvalue weighted by molar-refractivity contribution is 14.1. The minimum Gasteiger partial charge on any atom is -0.306 e. The van der Waals surface area contributed by atoms with Gasteiger partial charge in [-0.25, -0.2) is 4.98 Å². The largest absolute Gasteiger partial charge is 0.306 e. The van der Waals surface area contributed by atoms with Crippen molar-refractivity contribution in [3.8, 4) is 11.4 Å². The molecule has 0 fully saturated rings. The van der Waals surface area contributed by atoms with Gasteiger partial charge in [0.15, 0.2) is 0 Å². The summed E-state index contributed by atoms with van der Waals surface area (Å²) in [7, 11) is 0. The second-order valence-corrected chi connectivity index (χ2v) is 4.87. The van der Waals surface area contributed by atoms with Gasteiger partial charge in [0, 0.05) is 18.4 Å². The molecule has 2 rings (SSSR count). The molecule has 0 aliphatic rings. The van der Waals surface area contributed by atoms with E-state index in [1.54, 1.807) is 12.4 Å². The molecule has 0 radical (unpaired) electrons. The molecule has 0 spiro atoms. The molecular formula is C10H11IN4O. The van der Waals surface area contributed by atoms with E-state index in [4.69, 9.17) is 0 Å². The van der Waals surface area contributed by atoms with Gasteiger partial charge in [0.1, 0.15) is 5.82 Å². The highest BCUT2D eigenvalue weighted by atomic mass is 127. The van der Waals surface area contributed by atoms with Gasteiger partial charge in [-0.2, -0.15) is 5.10 Å². The Morgan fingerprint density at radius 1 is 1.44 bits per heavy atom. The molecule has 2 aromatic heterocycles. The summed E-state index contributed by atoms with van der Waals surface area (Å²) in [6, 6.07) is 0.296. The van der Waals surface area contributed by atoms with E-state index in [9.17, 15) is 4.79 Å². The molecule has 0 saturated carbocycles. The molecular weight excluding hydrogens is 319 g/mol. The summed E-state index contributed by atoms with van der Waals surface area (Å²) >= 11 is 1.95. The molecule has 0 aliphatic heterocycles. The lowest BCUT2D eigenvalue weighted by molar-refractivity contribution is 0.532. The number of rotatable bonds is 2. The number of aromatic nitrogens is 4. The molecule has 16 heavy (non-hydrogen) atoms. The summed E-state index contributed by atoms with van der Waals surface area (Å²) in [4.78, 5) is 18.3. The van der Waals surface area contributed by atoms with Gasteiger partial charge in [-0.15, -0.1) is 0 Å². The zero-order valence-corrected chi connectivity index (χ0v) is 11.1. The van der Waals surface area contributed by atoms with Crippen LogP contribution in [0.25, 0.3) is 11.4 Å². The number of aromatic amines is 1. The maximum atomic E-state index is 11.4. The van der Waals surface area contributed by atoms with E-state index in [1.807, 2.05) is 47.3 Å². The summed E-state index contributed by atoms with van der Waals surface area (Å²) in [5.41, 5.74) is 0.699. The number of hydrogen-bond donors (Lipinski definition) is 1. The van der Waals surface area contributed by atoms with Gasteiger partial charge < -0.3 is 4.98 Å². The van der Waals surface area contributed by atoms with Crippen LogP contribution in [0.5, 0.6) is 0 Å². The first-order chi connectivity index (χ1) is 7.58. The molecule has 0 atom stereocenters. The second kappa shape index (κ2) is 4.36. The van der Waals surface area contributed by atoms with Crippen LogP contribution in [0.15, 0.2) is 23.4 Å². The summed E-state index contributed by atoms with van der Waals surface area (Å²) < 4.78 is 2.41. The van der Waals surface area contributed by atoms with E-state index >= 15 is 0 Å². The third-order valence-electron chi connectivity index (χ3n) is 2.16. The molecule has 5 nitrogen and oxygen atoms in total. The number of nitrogens with zero attached hydrogens (tertiary/aromatic N) is 3. The summed E-state index contributed by atoms with van der Waals surface area (Å²) in [5, 5.41) is 4.20. The number of H-pyrrole nitrogens is 1. The molecule has 0 unspecified atom stereocenters. The van der Waals surface area contributed by atoms with Gasteiger partial charge >= 0.3 is 0 Å². The summed E-state index contributed by atoms with van der Waals surface area (Å²) in [5.74, 6) is 0.553. The van der Waals surface area contributed by atoms with Crippen molar-refractivity contribution in [1.82, 2.24) is 19.7 Å². The molecule has 0 bridgehead atoms. The van der Waals surface area contributed by atoms with E-state index in [0.29, 0.717) is 15.4 Å². The first-order valence-corrected chi connectivity index (χ1v) is 5.95. The predicted octanol–water partition coefficient (Wildman–Crippen LogP) is 1.82. The van der Waals surface area contributed by atoms with E-state index < -0.39 is 0 Å². The van der Waals surface area contributed by atoms with Crippen molar-refractivity contribution >= 4 is 22.6 Å². The van der Waals surface area contributed by atoms with Crippen LogP contribution >= 0.6 is 22.6 Å². The van der Waals surface area contributed by atoms with Crippen LogP contribution in [0, 0.1) is 3.57 Å². The van der Waals surface area contributed by atoms with Crippen molar-refractivity contribution in [2.24, 2.45) is 0 Å². The molecule has 0 aromatic carbocycles. The van der Waals surface area contributed by atoms with Crippen LogP contribution in [0.4, 0.5) is 0 Å². The van der Waals surface area contributed by atoms with E-state index in [1.165, 1.54) is 0 Å². The van der Waals surface area contributed by atoms with E-state index in [2.05, 4.69) is 15.1 Å². The lowest BCUT2D eigenvalue weighted by Gasteiger charge is -2.02. The van der Waals surface area contributed by atoms with E-state index in [0.717, 1.165) is 5.56 Å². The van der Waals surface area contributed by atoms with Crippen LogP contribution in [-0.2, 0) is 0 Å². The maximum Gasteiger partial charge on any atom is 0.264 e. The standard InChI is InChI=1S/C10H11IN4O/c1-6(2)15-5-7(3-13-15)9-12-4-8(11)10(16)14-9/h3-6H,1-2H3,(H,12,14,16). The fourth-order valence-electron chi connectivity index (χ4n) is 1.27. The molecule has 1 N–H and O–H groups in total. The normalized spacial score (nSPS) is 11.0. The summed E-state index contributed by atoms with van der Waals surface area (Å²) in [6.45, 7) is 4.09. The smallest absolute Gasteiger partial charge is 0.264 e. The first-order valence-electron chi connectivity index (χ1n) is 4.87. The Labute approximate surface area is 106 Å². The van der Waals surface area contributed by atoms with Gasteiger partial charge in [-0.3, -0.25) is 9.48 Å². The minimum atomic E-state index is -0.122. The number of halogens is 1. The minimum absolute atomic E-state index is 0.122. The fraction of sp³-hybridized carbons (Fsp3) is 0.300. The monoisotopic (exact) mass is 330 g/mol. The lowest BCUT2D eigenvalue weighted by atomic mass is 10.3. The number of hydrogen-bond acceptors (Lipinski definition) is 3. The van der Waals surface area contributed by atoms with Crippen molar-refractivity contribution in [1.29, 1.82) is 0 Å². The highest BCUT2D eigenvalue weighted by Gasteiger charge is 2.06. The predicted molar refractivity (Wildman–Crippen MR) is 69.2 cm³/mol. The Morgan fingerprint density at radius 2 is 2.19 bits per heavy atom. The third kappa shape index (κ3) is 2.16. The Bertz CT molecular complexity index is 558. The van der Waals surface area contributed by atoms with Crippen LogP contribution < -0.4 is 5.56 Å². The van der Waals surface area contributed by atoms with Crippen molar-refractivity contribution < 1.29 is 0 Å². The highest BCUT2D eigenvalue weighted by Crippen LogP contribution is 2.14. The van der Waals surface area contributed by atoms with Crippen molar-refractivity contribution in [3.63, 3.8) is 0 Å². The molecule has 6 heteroatoms. The SMILES string of the molecule is CC(C)n1cc(-c2ncc(I)c(=O)[nH]2)cn1. The van der Waals surface area contributed by atoms with Crippen molar-refractivity contribution in [2.75, 3.05) is 0 Å². The molecule has 84 valence electrons. The molecule has 0 amide bonds. The van der Waals surface area contributed by atoms with Crippen molar-refractivity contribution in [2.45, 2.75) is 19.9 Å². The van der Waals surface area contributed by atoms with E-state index in [-0.39, 0.29) is 5.56 Å². The zero-order chi connectivity index (χ0) is 11.7. The Kier molecular flexibility index (Phi) is 3.08. The van der Waals surface area contributed by atoms with Crippen LogP contribution in [-0.4, -0.2) is 19.7 Å².